The number of nitrogens with one attached hydrogen (secondary N) is 1. The van der Waals surface area contributed by atoms with Crippen molar-refractivity contribution in [2.24, 2.45) is 0 Å². The number of rotatable bonds is 5. The van der Waals surface area contributed by atoms with Gasteiger partial charge in [-0.1, -0.05) is 6.08 Å². The summed E-state index contributed by atoms with van der Waals surface area (Å²) in [7, 11) is 0. The monoisotopic (exact) mass is 195 g/mol. The number of unbranched alkanes of at least 4 members (excludes halogenated alkanes) is 1. The highest BCUT2D eigenvalue weighted by molar-refractivity contribution is 5.25. The quantitative estimate of drug-likeness (QED) is 0.551. The van der Waals surface area contributed by atoms with Crippen molar-refractivity contribution in [3.05, 3.63) is 35.1 Å². The van der Waals surface area contributed by atoms with Crippen LogP contribution in [0.5, 0.6) is 11.6 Å². The molecule has 76 valence electrons. The van der Waals surface area contributed by atoms with Gasteiger partial charge in [0, 0.05) is 12.1 Å². The molecule has 0 amide bonds. The van der Waals surface area contributed by atoms with Gasteiger partial charge in [-0.2, -0.15) is 0 Å². The maximum Gasteiger partial charge on any atom is 0.254 e. The first kappa shape index (κ1) is 10.4. The van der Waals surface area contributed by atoms with Crippen LogP contribution in [0.1, 0.15) is 12.8 Å². The van der Waals surface area contributed by atoms with Crippen LogP contribution in [0.3, 0.4) is 0 Å². The van der Waals surface area contributed by atoms with Crippen LogP contribution in [0.2, 0.25) is 0 Å². The summed E-state index contributed by atoms with van der Waals surface area (Å²) in [6, 6.07) is 2.67. The van der Waals surface area contributed by atoms with Crippen LogP contribution in [0.15, 0.2) is 29.6 Å². The first-order valence-electron chi connectivity index (χ1n) is 4.39. The maximum atomic E-state index is 10.9. The minimum Gasteiger partial charge on any atom is -0.494 e. The second-order valence-corrected chi connectivity index (χ2v) is 2.84. The lowest BCUT2D eigenvalue weighted by atomic mass is 10.3. The normalized spacial score (nSPS) is 9.71. The van der Waals surface area contributed by atoms with Gasteiger partial charge in [0.2, 0.25) is 0 Å². The lowest BCUT2D eigenvalue weighted by Crippen LogP contribution is -2.05. The second-order valence-electron chi connectivity index (χ2n) is 2.84. The van der Waals surface area contributed by atoms with Crippen LogP contribution in [-0.2, 0) is 0 Å². The van der Waals surface area contributed by atoms with Crippen molar-refractivity contribution in [3.8, 4) is 11.6 Å². The van der Waals surface area contributed by atoms with E-state index >= 15 is 0 Å². The summed E-state index contributed by atoms with van der Waals surface area (Å²) >= 11 is 0. The summed E-state index contributed by atoms with van der Waals surface area (Å²) < 4.78 is 5.24. The van der Waals surface area contributed by atoms with Crippen LogP contribution in [0, 0.1) is 0 Å². The summed E-state index contributed by atoms with van der Waals surface area (Å²) in [6.45, 7) is 4.09. The summed E-state index contributed by atoms with van der Waals surface area (Å²) in [4.78, 5) is 13.1. The minimum atomic E-state index is -0.372. The summed E-state index contributed by atoms with van der Waals surface area (Å²) in [5, 5.41) is 9.04. The minimum absolute atomic E-state index is 0.184. The molecule has 4 heteroatoms. The summed E-state index contributed by atoms with van der Waals surface area (Å²) in [6.07, 6.45) is 3.52. The standard InChI is InChI=1S/C10H13NO3/c1-2-3-4-5-14-8-6-9(12)11-10(13)7-8/h2,6-7H,1,3-5H2,(H2,11,12,13). The lowest BCUT2D eigenvalue weighted by molar-refractivity contribution is 0.309. The zero-order valence-electron chi connectivity index (χ0n) is 7.82. The van der Waals surface area contributed by atoms with Gasteiger partial charge in [-0.05, 0) is 12.8 Å². The Kier molecular flexibility index (Phi) is 3.79. The van der Waals surface area contributed by atoms with E-state index in [2.05, 4.69) is 11.6 Å². The Labute approximate surface area is 81.9 Å². The Morgan fingerprint density at radius 1 is 1.57 bits per heavy atom. The van der Waals surface area contributed by atoms with Gasteiger partial charge in [-0.25, -0.2) is 0 Å². The molecule has 1 aromatic heterocycles. The summed E-state index contributed by atoms with van der Waals surface area (Å²) in [5.41, 5.74) is -0.372. The second kappa shape index (κ2) is 5.11. The molecule has 0 fully saturated rings. The van der Waals surface area contributed by atoms with Gasteiger partial charge in [0.15, 0.2) is 5.88 Å². The molecule has 0 aliphatic heterocycles. The number of allylic oxidation sites excluding steroid dienone is 1. The molecule has 14 heavy (non-hydrogen) atoms. The molecule has 0 aromatic carbocycles. The number of hydrogen-bond acceptors (Lipinski definition) is 3. The fourth-order valence-corrected chi connectivity index (χ4v) is 1.01. The number of hydrogen-bond donors (Lipinski definition) is 2. The fourth-order valence-electron chi connectivity index (χ4n) is 1.01. The number of aromatic amines is 1. The molecule has 0 aliphatic carbocycles. The number of aromatic hydroxyl groups is 1. The predicted octanol–water partition coefficient (Wildman–Crippen LogP) is 1.43. The number of ether oxygens (including phenoxy) is 1. The van der Waals surface area contributed by atoms with Gasteiger partial charge in [-0.15, -0.1) is 6.58 Å². The topological polar surface area (TPSA) is 62.3 Å². The van der Waals surface area contributed by atoms with Gasteiger partial charge in [0.1, 0.15) is 5.75 Å². The zero-order chi connectivity index (χ0) is 10.4. The van der Waals surface area contributed by atoms with E-state index in [-0.39, 0.29) is 11.4 Å². The molecule has 0 unspecified atom stereocenters. The van der Waals surface area contributed by atoms with Gasteiger partial charge in [0.05, 0.1) is 6.61 Å². The largest absolute Gasteiger partial charge is 0.494 e. The molecule has 0 saturated heterocycles. The van der Waals surface area contributed by atoms with E-state index in [0.29, 0.717) is 12.4 Å². The van der Waals surface area contributed by atoms with E-state index in [0.717, 1.165) is 12.8 Å². The molecule has 0 aliphatic rings. The zero-order valence-corrected chi connectivity index (χ0v) is 7.82. The van der Waals surface area contributed by atoms with Gasteiger partial charge >= 0.3 is 0 Å². The third-order valence-electron chi connectivity index (χ3n) is 1.62. The molecule has 1 heterocycles. The fraction of sp³-hybridized carbons (Fsp3) is 0.300. The third-order valence-corrected chi connectivity index (χ3v) is 1.62. The molecule has 0 radical (unpaired) electrons. The van der Waals surface area contributed by atoms with E-state index in [1.165, 1.54) is 12.1 Å². The van der Waals surface area contributed by atoms with Crippen LogP contribution < -0.4 is 10.3 Å². The van der Waals surface area contributed by atoms with Crippen molar-refractivity contribution in [2.75, 3.05) is 6.61 Å². The van der Waals surface area contributed by atoms with Crippen LogP contribution in [-0.4, -0.2) is 16.7 Å². The summed E-state index contributed by atoms with van der Waals surface area (Å²) in [5.74, 6) is 0.200. The highest BCUT2D eigenvalue weighted by atomic mass is 16.5. The Balaban J connectivity index is 2.50. The Morgan fingerprint density at radius 3 is 3.00 bits per heavy atom. The van der Waals surface area contributed by atoms with Crippen molar-refractivity contribution in [2.45, 2.75) is 12.8 Å². The smallest absolute Gasteiger partial charge is 0.254 e. The SMILES string of the molecule is C=CCCCOc1cc(O)[nH]c(=O)c1. The molecular weight excluding hydrogens is 182 g/mol. The predicted molar refractivity (Wildman–Crippen MR) is 53.7 cm³/mol. The number of H-pyrrole nitrogens is 1. The first-order chi connectivity index (χ1) is 6.72. The van der Waals surface area contributed by atoms with Crippen molar-refractivity contribution in [1.82, 2.24) is 4.98 Å². The molecule has 0 bridgehead atoms. The van der Waals surface area contributed by atoms with Crippen molar-refractivity contribution >= 4 is 0 Å². The van der Waals surface area contributed by atoms with Crippen molar-refractivity contribution in [3.63, 3.8) is 0 Å². The average molecular weight is 195 g/mol. The van der Waals surface area contributed by atoms with Crippen LogP contribution >= 0.6 is 0 Å². The Morgan fingerprint density at radius 2 is 2.36 bits per heavy atom. The van der Waals surface area contributed by atoms with Gasteiger partial charge < -0.3 is 9.84 Å². The van der Waals surface area contributed by atoms with Crippen LogP contribution in [0.25, 0.3) is 0 Å². The molecule has 4 nitrogen and oxygen atoms in total. The average Bonchev–Trinajstić information content (AvgIpc) is 2.11. The van der Waals surface area contributed by atoms with Gasteiger partial charge in [0.25, 0.3) is 5.56 Å². The maximum absolute atomic E-state index is 10.9. The molecule has 0 atom stereocenters. The third kappa shape index (κ3) is 3.35. The van der Waals surface area contributed by atoms with Crippen molar-refractivity contribution in [1.29, 1.82) is 0 Å². The van der Waals surface area contributed by atoms with E-state index in [4.69, 9.17) is 9.84 Å². The van der Waals surface area contributed by atoms with Gasteiger partial charge in [-0.3, -0.25) is 9.78 Å². The Hall–Kier alpha value is -1.71. The van der Waals surface area contributed by atoms with E-state index < -0.39 is 0 Å². The molecule has 2 N–H and O–H groups in total. The highest BCUT2D eigenvalue weighted by Gasteiger charge is 1.97. The molecule has 1 rings (SSSR count). The molecule has 0 spiro atoms. The van der Waals surface area contributed by atoms with Crippen molar-refractivity contribution < 1.29 is 9.84 Å². The van der Waals surface area contributed by atoms with E-state index in [1.54, 1.807) is 6.08 Å². The highest BCUT2D eigenvalue weighted by Crippen LogP contribution is 2.12. The first-order valence-corrected chi connectivity index (χ1v) is 4.39. The molecule has 1 aromatic rings. The van der Waals surface area contributed by atoms with E-state index in [9.17, 15) is 4.79 Å². The Bertz CT molecular complexity index is 357. The number of pyridine rings is 1. The molecule has 0 saturated carbocycles. The van der Waals surface area contributed by atoms with E-state index in [1.807, 2.05) is 0 Å². The number of aromatic nitrogens is 1. The van der Waals surface area contributed by atoms with Crippen LogP contribution in [0.4, 0.5) is 0 Å². The lowest BCUT2D eigenvalue weighted by Gasteiger charge is -2.04. The molecular formula is C10H13NO3.